The molecule has 1 aromatic heterocycles. The summed E-state index contributed by atoms with van der Waals surface area (Å²) in [6.07, 6.45) is 1.19. The van der Waals surface area contributed by atoms with E-state index in [1.54, 1.807) is 0 Å². The van der Waals surface area contributed by atoms with Gasteiger partial charge in [-0.25, -0.2) is 4.98 Å². The smallest absolute Gasteiger partial charge is 0.128 e. The largest absolute Gasteiger partial charge is 0.357 e. The molecule has 0 saturated heterocycles. The van der Waals surface area contributed by atoms with E-state index in [2.05, 4.69) is 44.8 Å². The average molecular weight is 298 g/mol. The SMILES string of the molecule is CCC(C)CN(CC)c1ccc(Cl)c(CNC(C)C)n1. The standard InChI is InChI=1S/C16H28ClN3/c1-6-13(5)11-20(7-2)16-9-8-14(17)15(19-16)10-18-12(3)4/h8-9,12-13,18H,6-7,10-11H2,1-5H3. The van der Waals surface area contributed by atoms with E-state index >= 15 is 0 Å². The van der Waals surface area contributed by atoms with Crippen LogP contribution >= 0.6 is 11.6 Å². The number of nitrogens with one attached hydrogen (secondary N) is 1. The lowest BCUT2D eigenvalue weighted by molar-refractivity contribution is 0.543. The number of pyridine rings is 1. The molecular formula is C16H28ClN3. The van der Waals surface area contributed by atoms with Gasteiger partial charge in [0.15, 0.2) is 0 Å². The Labute approximate surface area is 128 Å². The van der Waals surface area contributed by atoms with E-state index in [-0.39, 0.29) is 0 Å². The first-order valence-corrected chi connectivity index (χ1v) is 7.99. The summed E-state index contributed by atoms with van der Waals surface area (Å²) in [4.78, 5) is 7.06. The lowest BCUT2D eigenvalue weighted by Gasteiger charge is -2.25. The Balaban J connectivity index is 2.85. The summed E-state index contributed by atoms with van der Waals surface area (Å²) in [5, 5.41) is 4.11. The molecule has 1 unspecified atom stereocenters. The zero-order valence-electron chi connectivity index (χ0n) is 13.4. The average Bonchev–Trinajstić information content (AvgIpc) is 2.43. The van der Waals surface area contributed by atoms with Crippen LogP contribution in [0.25, 0.3) is 0 Å². The number of aromatic nitrogens is 1. The molecule has 4 heteroatoms. The second kappa shape index (κ2) is 8.48. The molecule has 1 heterocycles. The third kappa shape index (κ3) is 5.29. The second-order valence-corrected chi connectivity index (χ2v) is 6.09. The molecule has 0 aromatic carbocycles. The molecule has 1 rings (SSSR count). The zero-order chi connectivity index (χ0) is 15.1. The van der Waals surface area contributed by atoms with Gasteiger partial charge in [-0.3, -0.25) is 0 Å². The summed E-state index contributed by atoms with van der Waals surface area (Å²) < 4.78 is 0. The van der Waals surface area contributed by atoms with Crippen LogP contribution in [-0.4, -0.2) is 24.1 Å². The number of hydrogen-bond acceptors (Lipinski definition) is 3. The van der Waals surface area contributed by atoms with Crippen LogP contribution in [0.15, 0.2) is 12.1 Å². The van der Waals surface area contributed by atoms with Gasteiger partial charge in [0.1, 0.15) is 5.82 Å². The monoisotopic (exact) mass is 297 g/mol. The van der Waals surface area contributed by atoms with Crippen LogP contribution in [0.4, 0.5) is 5.82 Å². The van der Waals surface area contributed by atoms with E-state index in [1.807, 2.05) is 12.1 Å². The van der Waals surface area contributed by atoms with E-state index in [0.717, 1.165) is 29.6 Å². The predicted octanol–water partition coefficient (Wildman–Crippen LogP) is 4.11. The van der Waals surface area contributed by atoms with Crippen molar-refractivity contribution in [2.24, 2.45) is 5.92 Å². The minimum atomic E-state index is 0.430. The quantitative estimate of drug-likeness (QED) is 0.783. The predicted molar refractivity (Wildman–Crippen MR) is 88.6 cm³/mol. The molecule has 0 saturated carbocycles. The molecule has 0 aliphatic heterocycles. The first-order valence-electron chi connectivity index (χ1n) is 7.61. The van der Waals surface area contributed by atoms with Crippen LogP contribution < -0.4 is 10.2 Å². The topological polar surface area (TPSA) is 28.2 Å². The van der Waals surface area contributed by atoms with Gasteiger partial charge < -0.3 is 10.2 Å². The number of hydrogen-bond donors (Lipinski definition) is 1. The number of anilines is 1. The van der Waals surface area contributed by atoms with Gasteiger partial charge in [-0.2, -0.15) is 0 Å². The highest BCUT2D eigenvalue weighted by Gasteiger charge is 2.12. The van der Waals surface area contributed by atoms with Gasteiger partial charge >= 0.3 is 0 Å². The molecule has 20 heavy (non-hydrogen) atoms. The van der Waals surface area contributed by atoms with Crippen molar-refractivity contribution < 1.29 is 0 Å². The van der Waals surface area contributed by atoms with E-state index < -0.39 is 0 Å². The van der Waals surface area contributed by atoms with Crippen molar-refractivity contribution in [3.8, 4) is 0 Å². The minimum absolute atomic E-state index is 0.430. The lowest BCUT2D eigenvalue weighted by atomic mass is 10.1. The third-order valence-corrected chi connectivity index (χ3v) is 3.86. The van der Waals surface area contributed by atoms with Crippen LogP contribution in [0.2, 0.25) is 5.02 Å². The Morgan fingerprint density at radius 1 is 1.25 bits per heavy atom. The summed E-state index contributed by atoms with van der Waals surface area (Å²) in [5.74, 6) is 1.70. The first kappa shape index (κ1) is 17.3. The van der Waals surface area contributed by atoms with Crippen LogP contribution in [0.5, 0.6) is 0 Å². The maximum Gasteiger partial charge on any atom is 0.128 e. The van der Waals surface area contributed by atoms with Gasteiger partial charge in [-0.05, 0) is 25.0 Å². The van der Waals surface area contributed by atoms with Gasteiger partial charge in [-0.1, -0.05) is 45.7 Å². The molecule has 0 spiro atoms. The minimum Gasteiger partial charge on any atom is -0.357 e. The molecule has 0 amide bonds. The molecule has 0 radical (unpaired) electrons. The van der Waals surface area contributed by atoms with Gasteiger partial charge in [0.25, 0.3) is 0 Å². The Morgan fingerprint density at radius 3 is 2.50 bits per heavy atom. The molecular weight excluding hydrogens is 270 g/mol. The lowest BCUT2D eigenvalue weighted by Crippen LogP contribution is -2.29. The van der Waals surface area contributed by atoms with E-state index in [0.29, 0.717) is 18.5 Å². The van der Waals surface area contributed by atoms with Gasteiger partial charge in [0, 0.05) is 25.7 Å². The van der Waals surface area contributed by atoms with Crippen LogP contribution in [0, 0.1) is 5.92 Å². The van der Waals surface area contributed by atoms with Gasteiger partial charge in [0.05, 0.1) is 10.7 Å². The fourth-order valence-electron chi connectivity index (χ4n) is 1.96. The van der Waals surface area contributed by atoms with Crippen LogP contribution in [0.1, 0.15) is 46.7 Å². The molecule has 0 fully saturated rings. The normalized spacial score (nSPS) is 12.8. The Kier molecular flexibility index (Phi) is 7.31. The molecule has 1 atom stereocenters. The second-order valence-electron chi connectivity index (χ2n) is 5.69. The highest BCUT2D eigenvalue weighted by molar-refractivity contribution is 6.31. The summed E-state index contributed by atoms with van der Waals surface area (Å²) in [5.41, 5.74) is 0.931. The molecule has 0 aliphatic rings. The van der Waals surface area contributed by atoms with Crippen molar-refractivity contribution in [2.75, 3.05) is 18.0 Å². The number of halogens is 1. The molecule has 1 N–H and O–H groups in total. The fourth-order valence-corrected chi connectivity index (χ4v) is 2.14. The van der Waals surface area contributed by atoms with Gasteiger partial charge in [-0.15, -0.1) is 0 Å². The van der Waals surface area contributed by atoms with Crippen molar-refractivity contribution in [1.82, 2.24) is 10.3 Å². The zero-order valence-corrected chi connectivity index (χ0v) is 14.2. The highest BCUT2D eigenvalue weighted by Crippen LogP contribution is 2.20. The molecule has 0 bridgehead atoms. The third-order valence-electron chi connectivity index (χ3n) is 3.52. The molecule has 114 valence electrons. The van der Waals surface area contributed by atoms with Crippen LogP contribution in [-0.2, 0) is 6.54 Å². The number of nitrogens with zero attached hydrogens (tertiary/aromatic N) is 2. The van der Waals surface area contributed by atoms with Crippen LogP contribution in [0.3, 0.4) is 0 Å². The maximum absolute atomic E-state index is 6.24. The van der Waals surface area contributed by atoms with Crippen molar-refractivity contribution in [3.05, 3.63) is 22.8 Å². The van der Waals surface area contributed by atoms with Crippen molar-refractivity contribution >= 4 is 17.4 Å². The molecule has 3 nitrogen and oxygen atoms in total. The first-order chi connectivity index (χ1) is 9.47. The Hall–Kier alpha value is -0.800. The summed E-state index contributed by atoms with van der Waals surface area (Å²) in [6.45, 7) is 13.6. The van der Waals surface area contributed by atoms with Crippen molar-refractivity contribution in [3.63, 3.8) is 0 Å². The Bertz CT molecular complexity index is 407. The molecule has 0 aliphatic carbocycles. The summed E-state index contributed by atoms with van der Waals surface area (Å²) in [7, 11) is 0. The summed E-state index contributed by atoms with van der Waals surface area (Å²) in [6, 6.07) is 4.41. The maximum atomic E-state index is 6.24. The van der Waals surface area contributed by atoms with Crippen molar-refractivity contribution in [2.45, 2.75) is 53.6 Å². The highest BCUT2D eigenvalue weighted by atomic mass is 35.5. The van der Waals surface area contributed by atoms with Crippen molar-refractivity contribution in [1.29, 1.82) is 0 Å². The van der Waals surface area contributed by atoms with E-state index in [1.165, 1.54) is 6.42 Å². The van der Waals surface area contributed by atoms with Gasteiger partial charge in [0.2, 0.25) is 0 Å². The summed E-state index contributed by atoms with van der Waals surface area (Å²) >= 11 is 6.24. The van der Waals surface area contributed by atoms with E-state index in [4.69, 9.17) is 16.6 Å². The molecule has 1 aromatic rings. The number of rotatable bonds is 8. The Morgan fingerprint density at radius 2 is 1.95 bits per heavy atom. The fraction of sp³-hybridized carbons (Fsp3) is 0.688. The van der Waals surface area contributed by atoms with E-state index in [9.17, 15) is 0 Å².